The van der Waals surface area contributed by atoms with Gasteiger partial charge in [0, 0.05) is 5.56 Å². The fraction of sp³-hybridized carbons (Fsp3) is 0.0714. The Hall–Kier alpha value is -2.33. The molecule has 0 unspecified atom stereocenters. The van der Waals surface area contributed by atoms with Crippen LogP contribution in [0.5, 0.6) is 5.75 Å². The molecule has 0 aliphatic carbocycles. The van der Waals surface area contributed by atoms with Gasteiger partial charge in [0.25, 0.3) is 0 Å². The van der Waals surface area contributed by atoms with Gasteiger partial charge in [-0.05, 0) is 11.6 Å². The number of ether oxygens (including phenoxy) is 1. The Bertz CT molecular complexity index is 549. The van der Waals surface area contributed by atoms with Crippen LogP contribution in [0.15, 0.2) is 48.5 Å². The van der Waals surface area contributed by atoms with E-state index in [9.17, 15) is 4.79 Å². The molecular weight excluding hydrogens is 232 g/mol. The van der Waals surface area contributed by atoms with Crippen LogP contribution in [0.25, 0.3) is 11.1 Å². The number of carboxylic acids is 1. The minimum atomic E-state index is -1.09. The van der Waals surface area contributed by atoms with E-state index in [4.69, 9.17) is 14.9 Å². The molecule has 0 saturated heterocycles. The van der Waals surface area contributed by atoms with Gasteiger partial charge in [0.2, 0.25) is 0 Å². The van der Waals surface area contributed by atoms with Crippen molar-refractivity contribution < 1.29 is 19.7 Å². The van der Waals surface area contributed by atoms with Crippen molar-refractivity contribution in [1.82, 2.24) is 0 Å². The van der Waals surface area contributed by atoms with Crippen LogP contribution in [0.4, 0.5) is 0 Å². The molecule has 0 aliphatic heterocycles. The summed E-state index contributed by atoms with van der Waals surface area (Å²) in [4.78, 5) is 11.1. The molecular formula is C14H12O4. The number of aliphatic hydroxyl groups is 1. The van der Waals surface area contributed by atoms with Crippen molar-refractivity contribution in [3.05, 3.63) is 54.1 Å². The van der Waals surface area contributed by atoms with Crippen molar-refractivity contribution in [2.75, 3.05) is 6.79 Å². The first kappa shape index (κ1) is 12.1. The molecule has 0 aromatic heterocycles. The highest BCUT2D eigenvalue weighted by Gasteiger charge is 2.16. The first-order chi connectivity index (χ1) is 8.74. The molecule has 0 atom stereocenters. The lowest BCUT2D eigenvalue weighted by molar-refractivity contribution is 0.0675. The summed E-state index contributed by atoms with van der Waals surface area (Å²) in [5, 5.41) is 18.0. The monoisotopic (exact) mass is 244 g/mol. The number of aliphatic hydroxyl groups excluding tert-OH is 1. The maximum atomic E-state index is 11.1. The summed E-state index contributed by atoms with van der Waals surface area (Å²) in [5.74, 6) is -0.907. The Morgan fingerprint density at radius 1 is 1.06 bits per heavy atom. The second-order valence-electron chi connectivity index (χ2n) is 3.63. The van der Waals surface area contributed by atoms with E-state index < -0.39 is 12.8 Å². The van der Waals surface area contributed by atoms with Crippen molar-refractivity contribution in [3.63, 3.8) is 0 Å². The Balaban J connectivity index is 2.60. The minimum absolute atomic E-state index is 0.0328. The summed E-state index contributed by atoms with van der Waals surface area (Å²) >= 11 is 0. The average Bonchev–Trinajstić information content (AvgIpc) is 2.40. The van der Waals surface area contributed by atoms with Crippen LogP contribution in [0.3, 0.4) is 0 Å². The molecule has 18 heavy (non-hydrogen) atoms. The second-order valence-corrected chi connectivity index (χ2v) is 3.63. The number of carboxylic acid groups (broad SMARTS) is 1. The molecule has 2 rings (SSSR count). The third-order valence-corrected chi connectivity index (χ3v) is 2.54. The molecule has 2 aromatic rings. The summed E-state index contributed by atoms with van der Waals surface area (Å²) in [7, 11) is 0. The van der Waals surface area contributed by atoms with E-state index in [2.05, 4.69) is 0 Å². The molecule has 0 heterocycles. The van der Waals surface area contributed by atoms with E-state index in [0.29, 0.717) is 5.56 Å². The fourth-order valence-electron chi connectivity index (χ4n) is 1.77. The van der Waals surface area contributed by atoms with E-state index in [0.717, 1.165) is 5.56 Å². The quantitative estimate of drug-likeness (QED) is 0.810. The van der Waals surface area contributed by atoms with Crippen LogP contribution in [0.1, 0.15) is 10.4 Å². The summed E-state index contributed by atoms with van der Waals surface area (Å²) in [6, 6.07) is 14.1. The Morgan fingerprint density at radius 2 is 1.78 bits per heavy atom. The van der Waals surface area contributed by atoms with Gasteiger partial charge in [0.15, 0.2) is 6.79 Å². The number of para-hydroxylation sites is 1. The zero-order chi connectivity index (χ0) is 13.0. The molecule has 0 spiro atoms. The van der Waals surface area contributed by atoms with Gasteiger partial charge in [0.05, 0.1) is 0 Å². The van der Waals surface area contributed by atoms with Gasteiger partial charge in [-0.1, -0.05) is 42.5 Å². The van der Waals surface area contributed by atoms with Gasteiger partial charge in [-0.25, -0.2) is 4.79 Å². The van der Waals surface area contributed by atoms with E-state index in [-0.39, 0.29) is 11.3 Å². The number of hydrogen-bond donors (Lipinski definition) is 2. The maximum absolute atomic E-state index is 11.1. The van der Waals surface area contributed by atoms with Crippen LogP contribution in [0, 0.1) is 0 Å². The summed E-state index contributed by atoms with van der Waals surface area (Å²) in [6.07, 6.45) is 0. The second kappa shape index (κ2) is 5.33. The number of aromatic carboxylic acids is 1. The molecule has 0 amide bonds. The maximum Gasteiger partial charge on any atom is 0.339 e. The van der Waals surface area contributed by atoms with Crippen molar-refractivity contribution in [1.29, 1.82) is 0 Å². The number of hydrogen-bond acceptors (Lipinski definition) is 3. The molecule has 92 valence electrons. The van der Waals surface area contributed by atoms with Crippen LogP contribution in [-0.4, -0.2) is 23.0 Å². The van der Waals surface area contributed by atoms with Gasteiger partial charge >= 0.3 is 5.97 Å². The Labute approximate surface area is 104 Å². The average molecular weight is 244 g/mol. The summed E-state index contributed by atoms with van der Waals surface area (Å²) in [5.41, 5.74) is 1.51. The Kier molecular flexibility index (Phi) is 3.60. The molecule has 0 saturated carbocycles. The smallest absolute Gasteiger partial charge is 0.339 e. The van der Waals surface area contributed by atoms with Crippen LogP contribution < -0.4 is 4.74 Å². The summed E-state index contributed by atoms with van der Waals surface area (Å²) in [6.45, 7) is -0.565. The fourth-order valence-corrected chi connectivity index (χ4v) is 1.77. The lowest BCUT2D eigenvalue weighted by Gasteiger charge is -2.12. The number of carbonyl (C=O) groups is 1. The highest BCUT2D eigenvalue weighted by atomic mass is 16.6. The lowest BCUT2D eigenvalue weighted by Crippen LogP contribution is -2.05. The van der Waals surface area contributed by atoms with E-state index >= 15 is 0 Å². The standard InChI is InChI=1S/C14H12O4/c15-9-18-13-11(10-5-2-1-3-6-10)7-4-8-12(13)14(16)17/h1-8,15H,9H2,(H,16,17). The Morgan fingerprint density at radius 3 is 2.39 bits per heavy atom. The first-order valence-corrected chi connectivity index (χ1v) is 5.39. The molecule has 2 N–H and O–H groups in total. The molecule has 2 aromatic carbocycles. The third-order valence-electron chi connectivity index (χ3n) is 2.54. The van der Waals surface area contributed by atoms with Gasteiger partial charge < -0.3 is 14.9 Å². The van der Waals surface area contributed by atoms with E-state index in [1.54, 1.807) is 12.1 Å². The zero-order valence-electron chi connectivity index (χ0n) is 9.54. The predicted molar refractivity (Wildman–Crippen MR) is 66.6 cm³/mol. The summed E-state index contributed by atoms with van der Waals surface area (Å²) < 4.78 is 5.06. The molecule has 0 fully saturated rings. The van der Waals surface area contributed by atoms with Crippen molar-refractivity contribution in [2.45, 2.75) is 0 Å². The van der Waals surface area contributed by atoms with E-state index in [1.165, 1.54) is 6.07 Å². The topological polar surface area (TPSA) is 66.8 Å². The number of rotatable bonds is 4. The normalized spacial score (nSPS) is 10.1. The van der Waals surface area contributed by atoms with Crippen LogP contribution in [-0.2, 0) is 0 Å². The van der Waals surface area contributed by atoms with Crippen LogP contribution in [0.2, 0.25) is 0 Å². The van der Waals surface area contributed by atoms with Gasteiger partial charge in [-0.15, -0.1) is 0 Å². The minimum Gasteiger partial charge on any atom is -0.478 e. The molecule has 4 nitrogen and oxygen atoms in total. The highest BCUT2D eigenvalue weighted by Crippen LogP contribution is 2.33. The lowest BCUT2D eigenvalue weighted by atomic mass is 10.0. The SMILES string of the molecule is O=C(O)c1cccc(-c2ccccc2)c1OCO. The largest absolute Gasteiger partial charge is 0.478 e. The molecule has 0 radical (unpaired) electrons. The first-order valence-electron chi connectivity index (χ1n) is 5.39. The zero-order valence-corrected chi connectivity index (χ0v) is 9.54. The van der Waals surface area contributed by atoms with Crippen molar-refractivity contribution in [2.24, 2.45) is 0 Å². The van der Waals surface area contributed by atoms with Crippen LogP contribution >= 0.6 is 0 Å². The van der Waals surface area contributed by atoms with Gasteiger partial charge in [-0.3, -0.25) is 0 Å². The van der Waals surface area contributed by atoms with Crippen molar-refractivity contribution >= 4 is 5.97 Å². The molecule has 4 heteroatoms. The molecule has 0 bridgehead atoms. The highest BCUT2D eigenvalue weighted by molar-refractivity contribution is 5.94. The number of benzene rings is 2. The van der Waals surface area contributed by atoms with E-state index in [1.807, 2.05) is 30.3 Å². The van der Waals surface area contributed by atoms with Gasteiger partial charge in [0.1, 0.15) is 11.3 Å². The van der Waals surface area contributed by atoms with Crippen molar-refractivity contribution in [3.8, 4) is 16.9 Å². The van der Waals surface area contributed by atoms with Gasteiger partial charge in [-0.2, -0.15) is 0 Å². The predicted octanol–water partition coefficient (Wildman–Crippen LogP) is 2.38. The molecule has 0 aliphatic rings. The third kappa shape index (κ3) is 2.33.